The number of hydrogen-bond acceptors (Lipinski definition) is 6. The standard InChI is InChI=1S/C15H24N6O/c1-11(2)6-14-17-15(22-19-14)10-20(3)9-12-7-13-8-16-4-5-21(13)18-12/h7,11,16H,4-6,8-10H2,1-3H3. The van der Waals surface area contributed by atoms with Gasteiger partial charge in [0.15, 0.2) is 5.82 Å². The molecule has 2 aromatic rings. The van der Waals surface area contributed by atoms with Crippen molar-refractivity contribution in [3.63, 3.8) is 0 Å². The van der Waals surface area contributed by atoms with Gasteiger partial charge in [-0.05, 0) is 19.0 Å². The molecule has 1 aliphatic rings. The summed E-state index contributed by atoms with van der Waals surface area (Å²) in [6, 6.07) is 2.17. The van der Waals surface area contributed by atoms with Gasteiger partial charge in [0.1, 0.15) is 0 Å². The fourth-order valence-electron chi connectivity index (χ4n) is 2.70. The monoisotopic (exact) mass is 304 g/mol. The highest BCUT2D eigenvalue weighted by atomic mass is 16.5. The molecule has 120 valence electrons. The van der Waals surface area contributed by atoms with Gasteiger partial charge in [-0.1, -0.05) is 19.0 Å². The molecular formula is C15H24N6O. The molecule has 1 aliphatic heterocycles. The van der Waals surface area contributed by atoms with Crippen LogP contribution in [0.5, 0.6) is 0 Å². The average molecular weight is 304 g/mol. The summed E-state index contributed by atoms with van der Waals surface area (Å²) in [5.74, 6) is 2.00. The highest BCUT2D eigenvalue weighted by molar-refractivity contribution is 5.11. The van der Waals surface area contributed by atoms with Crippen molar-refractivity contribution in [2.24, 2.45) is 5.92 Å². The van der Waals surface area contributed by atoms with E-state index in [0.717, 1.165) is 44.1 Å². The predicted molar refractivity (Wildman–Crippen MR) is 81.9 cm³/mol. The Morgan fingerprint density at radius 3 is 3.05 bits per heavy atom. The Morgan fingerprint density at radius 2 is 2.27 bits per heavy atom. The molecule has 1 N–H and O–H groups in total. The minimum Gasteiger partial charge on any atom is -0.338 e. The number of aromatic nitrogens is 4. The van der Waals surface area contributed by atoms with Crippen molar-refractivity contribution in [3.05, 3.63) is 29.2 Å². The Hall–Kier alpha value is -1.73. The topological polar surface area (TPSA) is 72.0 Å². The van der Waals surface area contributed by atoms with E-state index in [1.165, 1.54) is 5.69 Å². The molecule has 0 aliphatic carbocycles. The van der Waals surface area contributed by atoms with E-state index in [0.29, 0.717) is 18.4 Å². The van der Waals surface area contributed by atoms with Crippen LogP contribution >= 0.6 is 0 Å². The van der Waals surface area contributed by atoms with E-state index in [2.05, 4.69) is 50.1 Å². The molecule has 3 heterocycles. The number of rotatable bonds is 6. The molecule has 7 heteroatoms. The van der Waals surface area contributed by atoms with Crippen LogP contribution in [0, 0.1) is 5.92 Å². The molecule has 7 nitrogen and oxygen atoms in total. The fourth-order valence-corrected chi connectivity index (χ4v) is 2.70. The molecule has 0 amide bonds. The smallest absolute Gasteiger partial charge is 0.240 e. The van der Waals surface area contributed by atoms with Gasteiger partial charge in [0.05, 0.1) is 24.5 Å². The summed E-state index contributed by atoms with van der Waals surface area (Å²) in [5, 5.41) is 12.0. The third-order valence-corrected chi connectivity index (χ3v) is 3.66. The van der Waals surface area contributed by atoms with Gasteiger partial charge >= 0.3 is 0 Å². The van der Waals surface area contributed by atoms with Crippen molar-refractivity contribution in [2.45, 2.75) is 46.4 Å². The van der Waals surface area contributed by atoms with E-state index in [4.69, 9.17) is 4.52 Å². The van der Waals surface area contributed by atoms with Crippen LogP contribution in [0.3, 0.4) is 0 Å². The number of fused-ring (bicyclic) bond motifs is 1. The quantitative estimate of drug-likeness (QED) is 0.864. The maximum atomic E-state index is 5.32. The van der Waals surface area contributed by atoms with Crippen LogP contribution in [0.15, 0.2) is 10.6 Å². The maximum Gasteiger partial charge on any atom is 0.240 e. The van der Waals surface area contributed by atoms with Gasteiger partial charge in [-0.2, -0.15) is 10.1 Å². The Bertz CT molecular complexity index is 594. The van der Waals surface area contributed by atoms with Crippen molar-refractivity contribution in [2.75, 3.05) is 13.6 Å². The normalized spacial score (nSPS) is 14.8. The van der Waals surface area contributed by atoms with Crippen LogP contribution in [0.2, 0.25) is 0 Å². The van der Waals surface area contributed by atoms with E-state index in [-0.39, 0.29) is 0 Å². The van der Waals surface area contributed by atoms with Crippen LogP contribution in [-0.2, 0) is 32.6 Å². The second-order valence-electron chi connectivity index (χ2n) is 6.40. The van der Waals surface area contributed by atoms with E-state index in [1.54, 1.807) is 0 Å². The Balaban J connectivity index is 1.56. The van der Waals surface area contributed by atoms with E-state index in [1.807, 2.05) is 7.05 Å². The largest absolute Gasteiger partial charge is 0.338 e. The van der Waals surface area contributed by atoms with Crippen molar-refractivity contribution in [1.29, 1.82) is 0 Å². The van der Waals surface area contributed by atoms with Crippen molar-refractivity contribution in [1.82, 2.24) is 30.1 Å². The maximum absolute atomic E-state index is 5.32. The van der Waals surface area contributed by atoms with Crippen molar-refractivity contribution >= 4 is 0 Å². The molecule has 0 spiro atoms. The summed E-state index contributed by atoms with van der Waals surface area (Å²) in [4.78, 5) is 6.59. The van der Waals surface area contributed by atoms with Gasteiger partial charge in [0.2, 0.25) is 5.89 Å². The van der Waals surface area contributed by atoms with E-state index in [9.17, 15) is 0 Å². The molecule has 0 saturated heterocycles. The predicted octanol–water partition coefficient (Wildman–Crippen LogP) is 1.20. The molecule has 0 radical (unpaired) electrons. The van der Waals surface area contributed by atoms with Crippen LogP contribution in [0.4, 0.5) is 0 Å². The third kappa shape index (κ3) is 3.72. The minimum atomic E-state index is 0.536. The number of hydrogen-bond donors (Lipinski definition) is 1. The van der Waals surface area contributed by atoms with Gasteiger partial charge in [-0.3, -0.25) is 9.58 Å². The lowest BCUT2D eigenvalue weighted by atomic mass is 10.1. The van der Waals surface area contributed by atoms with E-state index < -0.39 is 0 Å². The zero-order chi connectivity index (χ0) is 15.5. The zero-order valence-electron chi connectivity index (χ0n) is 13.5. The molecule has 0 aromatic carbocycles. The Labute approximate surface area is 130 Å². The molecule has 0 saturated carbocycles. The van der Waals surface area contributed by atoms with Gasteiger partial charge in [-0.25, -0.2) is 0 Å². The molecule has 2 aromatic heterocycles. The molecule has 0 unspecified atom stereocenters. The third-order valence-electron chi connectivity index (χ3n) is 3.66. The van der Waals surface area contributed by atoms with Gasteiger partial charge < -0.3 is 9.84 Å². The lowest BCUT2D eigenvalue weighted by Crippen LogP contribution is -2.28. The molecule has 3 rings (SSSR count). The first-order valence-electron chi connectivity index (χ1n) is 7.86. The zero-order valence-corrected chi connectivity index (χ0v) is 13.5. The highest BCUT2D eigenvalue weighted by Gasteiger charge is 2.14. The van der Waals surface area contributed by atoms with Gasteiger partial charge in [0, 0.05) is 26.1 Å². The lowest BCUT2D eigenvalue weighted by molar-refractivity contribution is 0.257. The molecule has 0 atom stereocenters. The van der Waals surface area contributed by atoms with Crippen LogP contribution in [0.1, 0.15) is 37.0 Å². The van der Waals surface area contributed by atoms with Crippen LogP contribution in [0.25, 0.3) is 0 Å². The molecule has 0 bridgehead atoms. The van der Waals surface area contributed by atoms with Crippen molar-refractivity contribution < 1.29 is 4.52 Å². The summed E-state index contributed by atoms with van der Waals surface area (Å²) in [5.41, 5.74) is 2.34. The number of nitrogens with zero attached hydrogens (tertiary/aromatic N) is 5. The number of nitrogens with one attached hydrogen (secondary N) is 1. The van der Waals surface area contributed by atoms with Gasteiger partial charge in [-0.15, -0.1) is 0 Å². The second-order valence-corrected chi connectivity index (χ2v) is 6.40. The Kier molecular flexibility index (Phi) is 4.54. The minimum absolute atomic E-state index is 0.536. The first-order valence-corrected chi connectivity index (χ1v) is 7.86. The first kappa shape index (κ1) is 15.2. The average Bonchev–Trinajstić information content (AvgIpc) is 3.03. The fraction of sp³-hybridized carbons (Fsp3) is 0.667. The summed E-state index contributed by atoms with van der Waals surface area (Å²) in [6.07, 6.45) is 0.855. The summed E-state index contributed by atoms with van der Waals surface area (Å²) in [6.45, 7) is 8.56. The summed E-state index contributed by atoms with van der Waals surface area (Å²) in [7, 11) is 2.04. The highest BCUT2D eigenvalue weighted by Crippen LogP contribution is 2.11. The Morgan fingerprint density at radius 1 is 1.41 bits per heavy atom. The molecule has 22 heavy (non-hydrogen) atoms. The SMILES string of the molecule is CC(C)Cc1noc(CN(C)Cc2cc3n(n2)CCNC3)n1. The molecule has 0 fully saturated rings. The second kappa shape index (κ2) is 6.58. The van der Waals surface area contributed by atoms with E-state index >= 15 is 0 Å². The summed E-state index contributed by atoms with van der Waals surface area (Å²) >= 11 is 0. The van der Waals surface area contributed by atoms with Crippen LogP contribution in [-0.4, -0.2) is 38.4 Å². The van der Waals surface area contributed by atoms with Gasteiger partial charge in [0.25, 0.3) is 0 Å². The lowest BCUT2D eigenvalue weighted by Gasteiger charge is -2.13. The summed E-state index contributed by atoms with van der Waals surface area (Å²) < 4.78 is 7.41. The van der Waals surface area contributed by atoms with Crippen LogP contribution < -0.4 is 5.32 Å². The van der Waals surface area contributed by atoms with Crippen molar-refractivity contribution in [3.8, 4) is 0 Å². The molecular weight excluding hydrogens is 280 g/mol. The first-order chi connectivity index (χ1) is 10.6.